The van der Waals surface area contributed by atoms with E-state index in [0.717, 1.165) is 11.1 Å². The molecule has 3 aromatic carbocycles. The smallest absolute Gasteiger partial charge is 0.119 e. The third-order valence-electron chi connectivity index (χ3n) is 4.08. The number of nitrogens with zero attached hydrogens (tertiary/aromatic N) is 1. The normalized spacial score (nSPS) is 10.8. The van der Waals surface area contributed by atoms with Gasteiger partial charge in [-0.2, -0.15) is 0 Å². The lowest BCUT2D eigenvalue weighted by atomic mass is 10.0. The van der Waals surface area contributed by atoms with Crippen LogP contribution in [0, 0.1) is 0 Å². The zero-order valence-electron chi connectivity index (χ0n) is 14.1. The Morgan fingerprint density at radius 2 is 1.50 bits per heavy atom. The minimum absolute atomic E-state index is 0.344. The van der Waals surface area contributed by atoms with Crippen LogP contribution in [0.5, 0.6) is 5.75 Å². The maximum atomic E-state index is 12.1. The molecule has 0 aliphatic rings. The molecule has 0 heterocycles. The maximum Gasteiger partial charge on any atom is 0.119 e. The van der Waals surface area contributed by atoms with E-state index in [4.69, 9.17) is 4.74 Å². The third-order valence-corrected chi connectivity index (χ3v) is 4.08. The molecule has 0 radical (unpaired) electrons. The van der Waals surface area contributed by atoms with Crippen molar-refractivity contribution < 1.29 is 9.13 Å². The van der Waals surface area contributed by atoms with Crippen molar-refractivity contribution in [3.05, 3.63) is 60.7 Å². The summed E-state index contributed by atoms with van der Waals surface area (Å²) in [5, 5.41) is 2.29. The van der Waals surface area contributed by atoms with Gasteiger partial charge in [0, 0.05) is 26.2 Å². The van der Waals surface area contributed by atoms with E-state index in [2.05, 4.69) is 53.4 Å². The first-order valence-electron chi connectivity index (χ1n) is 8.18. The van der Waals surface area contributed by atoms with Crippen LogP contribution in [0.25, 0.3) is 21.9 Å². The Hall–Kier alpha value is -2.55. The highest BCUT2D eigenvalue weighted by atomic mass is 19.1. The van der Waals surface area contributed by atoms with Crippen molar-refractivity contribution >= 4 is 16.5 Å². The van der Waals surface area contributed by atoms with E-state index in [9.17, 15) is 4.39 Å². The summed E-state index contributed by atoms with van der Waals surface area (Å²) in [5.41, 5.74) is 3.58. The highest BCUT2D eigenvalue weighted by Crippen LogP contribution is 2.28. The van der Waals surface area contributed by atoms with Gasteiger partial charge in [-0.3, -0.25) is 4.39 Å². The highest BCUT2D eigenvalue weighted by Gasteiger charge is 2.03. The van der Waals surface area contributed by atoms with E-state index >= 15 is 0 Å². The van der Waals surface area contributed by atoms with Crippen molar-refractivity contribution in [2.24, 2.45) is 0 Å². The van der Waals surface area contributed by atoms with Crippen molar-refractivity contribution in [3.8, 4) is 16.9 Å². The molecule has 124 valence electrons. The van der Waals surface area contributed by atoms with Gasteiger partial charge in [-0.25, -0.2) is 0 Å². The summed E-state index contributed by atoms with van der Waals surface area (Å²) in [6, 6.07) is 21.0. The minimum atomic E-state index is -0.344. The van der Waals surface area contributed by atoms with Gasteiger partial charge in [-0.15, -0.1) is 0 Å². The van der Waals surface area contributed by atoms with Gasteiger partial charge in [-0.05, 0) is 52.2 Å². The number of fused-ring (bicyclic) bond motifs is 1. The van der Waals surface area contributed by atoms with Crippen LogP contribution in [0.2, 0.25) is 0 Å². The largest absolute Gasteiger partial charge is 0.493 e. The lowest BCUT2D eigenvalue weighted by Gasteiger charge is -2.13. The second kappa shape index (κ2) is 7.35. The standard InChI is InChI=1S/C21H22FNO/c1-23(2)20-9-6-16(7-10-20)17-4-5-19-15-21(24-13-3-12-22)11-8-18(19)14-17/h4-11,14-15H,3,12-13H2,1-2H3. The molecule has 0 atom stereocenters. The quantitative estimate of drug-likeness (QED) is 0.570. The van der Waals surface area contributed by atoms with Gasteiger partial charge in [0.25, 0.3) is 0 Å². The van der Waals surface area contributed by atoms with Crippen LogP contribution in [0.3, 0.4) is 0 Å². The molecule has 3 heteroatoms. The summed E-state index contributed by atoms with van der Waals surface area (Å²) in [5.74, 6) is 0.791. The molecule has 0 aliphatic heterocycles. The van der Waals surface area contributed by atoms with Gasteiger partial charge in [0.05, 0.1) is 13.3 Å². The average Bonchev–Trinajstić information content (AvgIpc) is 2.61. The summed E-state index contributed by atoms with van der Waals surface area (Å²) < 4.78 is 17.7. The number of halogens is 1. The zero-order valence-corrected chi connectivity index (χ0v) is 14.1. The molecule has 0 amide bonds. The third kappa shape index (κ3) is 3.67. The molecular formula is C21H22FNO. The molecule has 0 saturated carbocycles. The van der Waals surface area contributed by atoms with Gasteiger partial charge in [0.2, 0.25) is 0 Å². The molecular weight excluding hydrogens is 301 g/mol. The van der Waals surface area contributed by atoms with Crippen LogP contribution in [-0.2, 0) is 0 Å². The van der Waals surface area contributed by atoms with Crippen molar-refractivity contribution in [3.63, 3.8) is 0 Å². The summed E-state index contributed by atoms with van der Waals surface area (Å²) in [6.07, 6.45) is 0.430. The molecule has 2 nitrogen and oxygen atoms in total. The number of benzene rings is 3. The zero-order chi connectivity index (χ0) is 16.9. The first-order valence-corrected chi connectivity index (χ1v) is 8.18. The Kier molecular flexibility index (Phi) is 4.99. The summed E-state index contributed by atoms with van der Waals surface area (Å²) >= 11 is 0. The van der Waals surface area contributed by atoms with Crippen LogP contribution < -0.4 is 9.64 Å². The maximum absolute atomic E-state index is 12.1. The Morgan fingerprint density at radius 3 is 2.21 bits per heavy atom. The van der Waals surface area contributed by atoms with Crippen LogP contribution in [-0.4, -0.2) is 27.4 Å². The number of hydrogen-bond acceptors (Lipinski definition) is 2. The molecule has 3 rings (SSSR count). The lowest BCUT2D eigenvalue weighted by molar-refractivity contribution is 0.290. The predicted molar refractivity (Wildman–Crippen MR) is 99.8 cm³/mol. The van der Waals surface area contributed by atoms with Crippen molar-refractivity contribution in [2.75, 3.05) is 32.3 Å². The molecule has 0 N–H and O–H groups in total. The number of ether oxygens (including phenoxy) is 1. The Labute approximate surface area is 142 Å². The Balaban J connectivity index is 1.84. The van der Waals surface area contributed by atoms with Crippen LogP contribution >= 0.6 is 0 Å². The minimum Gasteiger partial charge on any atom is -0.493 e. The van der Waals surface area contributed by atoms with Gasteiger partial charge < -0.3 is 9.64 Å². The second-order valence-electron chi connectivity index (χ2n) is 6.06. The predicted octanol–water partition coefficient (Wildman–Crippen LogP) is 5.31. The van der Waals surface area contributed by atoms with Crippen molar-refractivity contribution in [2.45, 2.75) is 6.42 Å². The van der Waals surface area contributed by atoms with Crippen molar-refractivity contribution in [1.82, 2.24) is 0 Å². The number of rotatable bonds is 6. The van der Waals surface area contributed by atoms with Gasteiger partial charge >= 0.3 is 0 Å². The van der Waals surface area contributed by atoms with E-state index in [0.29, 0.717) is 13.0 Å². The molecule has 0 unspecified atom stereocenters. The first kappa shape index (κ1) is 16.3. The lowest BCUT2D eigenvalue weighted by Crippen LogP contribution is -2.07. The van der Waals surface area contributed by atoms with Gasteiger partial charge in [0.15, 0.2) is 0 Å². The summed E-state index contributed by atoms with van der Waals surface area (Å²) in [4.78, 5) is 2.09. The van der Waals surface area contributed by atoms with E-state index in [1.165, 1.54) is 22.2 Å². The van der Waals surface area contributed by atoms with E-state index in [-0.39, 0.29) is 6.67 Å². The summed E-state index contributed by atoms with van der Waals surface area (Å²) in [6.45, 7) is 0.0713. The average molecular weight is 323 g/mol. The second-order valence-corrected chi connectivity index (χ2v) is 6.06. The molecule has 0 fully saturated rings. The molecule has 0 saturated heterocycles. The molecule has 0 bridgehead atoms. The topological polar surface area (TPSA) is 12.5 Å². The highest BCUT2D eigenvalue weighted by molar-refractivity contribution is 5.88. The molecule has 3 aromatic rings. The molecule has 0 spiro atoms. The van der Waals surface area contributed by atoms with E-state index in [1.807, 2.05) is 26.2 Å². The fraction of sp³-hybridized carbons (Fsp3) is 0.238. The molecule has 24 heavy (non-hydrogen) atoms. The SMILES string of the molecule is CN(C)c1ccc(-c2ccc3cc(OCCCF)ccc3c2)cc1. The summed E-state index contributed by atoms with van der Waals surface area (Å²) in [7, 11) is 4.08. The number of hydrogen-bond donors (Lipinski definition) is 0. The number of alkyl halides is 1. The van der Waals surface area contributed by atoms with E-state index < -0.39 is 0 Å². The molecule has 0 aliphatic carbocycles. The van der Waals surface area contributed by atoms with Crippen LogP contribution in [0.4, 0.5) is 10.1 Å². The Morgan fingerprint density at radius 1 is 0.833 bits per heavy atom. The molecule has 0 aromatic heterocycles. The van der Waals surface area contributed by atoms with E-state index in [1.54, 1.807) is 0 Å². The fourth-order valence-corrected chi connectivity index (χ4v) is 2.69. The number of anilines is 1. The monoisotopic (exact) mass is 323 g/mol. The van der Waals surface area contributed by atoms with Crippen LogP contribution in [0.1, 0.15) is 6.42 Å². The fourth-order valence-electron chi connectivity index (χ4n) is 2.69. The van der Waals surface area contributed by atoms with Crippen molar-refractivity contribution in [1.29, 1.82) is 0 Å². The first-order chi connectivity index (χ1) is 11.7. The van der Waals surface area contributed by atoms with Crippen LogP contribution in [0.15, 0.2) is 60.7 Å². The Bertz CT molecular complexity index is 812. The van der Waals surface area contributed by atoms with Gasteiger partial charge in [0.1, 0.15) is 5.75 Å². The van der Waals surface area contributed by atoms with Gasteiger partial charge in [-0.1, -0.05) is 30.3 Å².